The highest BCUT2D eigenvalue weighted by Crippen LogP contribution is 2.39. The summed E-state index contributed by atoms with van der Waals surface area (Å²) < 4.78 is 38.7. The van der Waals surface area contributed by atoms with Crippen LogP contribution >= 0.6 is 15.9 Å². The van der Waals surface area contributed by atoms with E-state index >= 15 is 0 Å². The second kappa shape index (κ2) is 5.97. The summed E-state index contributed by atoms with van der Waals surface area (Å²) >= 11 is 3.38. The van der Waals surface area contributed by atoms with E-state index < -0.39 is 12.1 Å². The van der Waals surface area contributed by atoms with Gasteiger partial charge in [0, 0.05) is 17.1 Å². The third kappa shape index (κ3) is 3.70. The van der Waals surface area contributed by atoms with Crippen LogP contribution in [0.2, 0.25) is 0 Å². The minimum atomic E-state index is -4.07. The van der Waals surface area contributed by atoms with Crippen molar-refractivity contribution in [1.82, 2.24) is 5.32 Å². The van der Waals surface area contributed by atoms with Gasteiger partial charge in [-0.15, -0.1) is 0 Å². The van der Waals surface area contributed by atoms with Gasteiger partial charge in [-0.05, 0) is 40.8 Å². The van der Waals surface area contributed by atoms with Gasteiger partial charge in [0.15, 0.2) is 0 Å². The molecule has 0 aliphatic heterocycles. The molecule has 1 aliphatic rings. The molecule has 1 saturated carbocycles. The SMILES string of the molecule is Bc1cc(Br)c(N)c(CN[C@@H]2CC[C@H](C(F)(F)F)C2)c1. The summed E-state index contributed by atoms with van der Waals surface area (Å²) in [6.45, 7) is 0.501. The van der Waals surface area contributed by atoms with Crippen LogP contribution in [0.4, 0.5) is 18.9 Å². The molecular formula is C13H17BBrF3N2. The lowest BCUT2D eigenvalue weighted by Gasteiger charge is -2.17. The lowest BCUT2D eigenvalue weighted by atomic mass is 9.93. The Morgan fingerprint density at radius 1 is 1.35 bits per heavy atom. The van der Waals surface area contributed by atoms with Crippen molar-refractivity contribution in [1.29, 1.82) is 0 Å². The van der Waals surface area contributed by atoms with Gasteiger partial charge in [-0.1, -0.05) is 17.6 Å². The second-order valence-corrected chi connectivity index (χ2v) is 6.30. The Labute approximate surface area is 125 Å². The first-order chi connectivity index (χ1) is 9.27. The topological polar surface area (TPSA) is 38.0 Å². The predicted octanol–water partition coefficient (Wildman–Crippen LogP) is 2.11. The van der Waals surface area contributed by atoms with Crippen LogP contribution in [0.1, 0.15) is 24.8 Å². The molecule has 0 heterocycles. The van der Waals surface area contributed by atoms with Crippen LogP contribution in [0.5, 0.6) is 0 Å². The van der Waals surface area contributed by atoms with Gasteiger partial charge in [-0.2, -0.15) is 13.2 Å². The number of alkyl halides is 3. The Kier molecular flexibility index (Phi) is 4.69. The number of hydrogen-bond donors (Lipinski definition) is 2. The lowest BCUT2D eigenvalue weighted by molar-refractivity contribution is -0.172. The standard InChI is InChI=1S/C13H17BBrF3N2/c14-9-3-7(12(19)11(15)5-9)6-20-10-2-1-8(4-10)13(16,17)18/h3,5,8,10,20H,1-2,4,6,14,19H2/t8-,10+/m0/s1. The zero-order valence-electron chi connectivity index (χ0n) is 11.2. The molecule has 0 spiro atoms. The summed E-state index contributed by atoms with van der Waals surface area (Å²) in [5.74, 6) is -1.17. The minimum Gasteiger partial charge on any atom is -0.398 e. The fourth-order valence-corrected chi connectivity index (χ4v) is 3.31. The molecule has 1 aromatic carbocycles. The van der Waals surface area contributed by atoms with Crippen LogP contribution in [0, 0.1) is 5.92 Å². The number of hydrogen-bond acceptors (Lipinski definition) is 2. The first kappa shape index (κ1) is 15.7. The summed E-state index contributed by atoms with van der Waals surface area (Å²) in [5.41, 5.74) is 8.61. The van der Waals surface area contributed by atoms with Crippen LogP contribution in [0.15, 0.2) is 16.6 Å². The molecule has 7 heteroatoms. The summed E-state index contributed by atoms with van der Waals surface area (Å²) in [5, 5.41) is 3.19. The van der Waals surface area contributed by atoms with Crippen molar-refractivity contribution in [2.75, 3.05) is 5.73 Å². The van der Waals surface area contributed by atoms with Gasteiger partial charge in [0.2, 0.25) is 0 Å². The highest BCUT2D eigenvalue weighted by molar-refractivity contribution is 9.10. The fourth-order valence-electron chi connectivity index (χ4n) is 2.69. The molecule has 0 amide bonds. The van der Waals surface area contributed by atoms with Gasteiger partial charge < -0.3 is 11.1 Å². The summed E-state index contributed by atoms with van der Waals surface area (Å²) in [6, 6.07) is 3.80. The van der Waals surface area contributed by atoms with Crippen LogP contribution in [-0.4, -0.2) is 20.1 Å². The molecule has 0 unspecified atom stereocenters. The number of halogens is 4. The van der Waals surface area contributed by atoms with Crippen molar-refractivity contribution in [2.45, 2.75) is 38.0 Å². The van der Waals surface area contributed by atoms with E-state index in [2.05, 4.69) is 21.2 Å². The monoisotopic (exact) mass is 348 g/mol. The minimum absolute atomic E-state index is 0.0830. The van der Waals surface area contributed by atoms with E-state index in [0.717, 1.165) is 15.5 Å². The van der Waals surface area contributed by atoms with E-state index in [1.165, 1.54) is 0 Å². The molecule has 0 radical (unpaired) electrons. The summed E-state index contributed by atoms with van der Waals surface area (Å²) in [7, 11) is 1.96. The van der Waals surface area contributed by atoms with Gasteiger partial charge in [-0.3, -0.25) is 0 Å². The van der Waals surface area contributed by atoms with E-state index in [9.17, 15) is 13.2 Å². The maximum absolute atomic E-state index is 12.6. The normalized spacial score (nSPS) is 23.2. The quantitative estimate of drug-likeness (QED) is 0.648. The molecule has 2 nitrogen and oxygen atoms in total. The number of nitrogen functional groups attached to an aromatic ring is 1. The predicted molar refractivity (Wildman–Crippen MR) is 80.8 cm³/mol. The van der Waals surface area contributed by atoms with Gasteiger partial charge >= 0.3 is 6.18 Å². The van der Waals surface area contributed by atoms with E-state index in [1.54, 1.807) is 0 Å². The van der Waals surface area contributed by atoms with Crippen molar-refractivity contribution in [3.63, 3.8) is 0 Å². The van der Waals surface area contributed by atoms with Crippen LogP contribution < -0.4 is 16.5 Å². The number of anilines is 1. The molecule has 0 aromatic heterocycles. The fraction of sp³-hybridized carbons (Fsp3) is 0.538. The molecule has 0 bridgehead atoms. The Bertz CT molecular complexity index is 493. The highest BCUT2D eigenvalue weighted by Gasteiger charge is 2.43. The molecule has 1 aliphatic carbocycles. The molecule has 1 aromatic rings. The first-order valence-corrected chi connectivity index (χ1v) is 7.41. The number of nitrogens with two attached hydrogens (primary N) is 1. The maximum atomic E-state index is 12.6. The average molecular weight is 349 g/mol. The number of rotatable bonds is 3. The van der Waals surface area contributed by atoms with Crippen molar-refractivity contribution in [3.05, 3.63) is 22.2 Å². The van der Waals surface area contributed by atoms with E-state index in [1.807, 2.05) is 20.0 Å². The Balaban J connectivity index is 1.94. The second-order valence-electron chi connectivity index (χ2n) is 5.45. The van der Waals surface area contributed by atoms with Crippen LogP contribution in [0.3, 0.4) is 0 Å². The van der Waals surface area contributed by atoms with Gasteiger partial charge in [0.1, 0.15) is 7.85 Å². The van der Waals surface area contributed by atoms with E-state index in [0.29, 0.717) is 18.7 Å². The average Bonchev–Trinajstić information content (AvgIpc) is 2.80. The van der Waals surface area contributed by atoms with Crippen LogP contribution in [-0.2, 0) is 6.54 Å². The smallest absolute Gasteiger partial charge is 0.391 e. The molecule has 1 fully saturated rings. The number of benzene rings is 1. The Morgan fingerprint density at radius 2 is 2.05 bits per heavy atom. The van der Waals surface area contributed by atoms with Crippen molar-refractivity contribution in [2.24, 2.45) is 5.92 Å². The first-order valence-electron chi connectivity index (χ1n) is 6.62. The highest BCUT2D eigenvalue weighted by atomic mass is 79.9. The van der Waals surface area contributed by atoms with Crippen molar-refractivity contribution in [3.8, 4) is 0 Å². The third-order valence-electron chi connectivity index (χ3n) is 3.84. The zero-order valence-corrected chi connectivity index (χ0v) is 12.8. The molecular weight excluding hydrogens is 332 g/mol. The molecule has 2 rings (SSSR count). The lowest BCUT2D eigenvalue weighted by Crippen LogP contribution is -2.29. The molecule has 0 saturated heterocycles. The summed E-state index contributed by atoms with van der Waals surface area (Å²) in [4.78, 5) is 0. The third-order valence-corrected chi connectivity index (χ3v) is 4.49. The van der Waals surface area contributed by atoms with Crippen molar-refractivity contribution >= 4 is 34.9 Å². The molecule has 20 heavy (non-hydrogen) atoms. The summed E-state index contributed by atoms with van der Waals surface area (Å²) in [6.07, 6.45) is -3.12. The Morgan fingerprint density at radius 3 is 2.65 bits per heavy atom. The zero-order chi connectivity index (χ0) is 14.9. The molecule has 110 valence electrons. The van der Waals surface area contributed by atoms with Crippen molar-refractivity contribution < 1.29 is 13.2 Å². The molecule has 2 atom stereocenters. The largest absolute Gasteiger partial charge is 0.398 e. The van der Waals surface area contributed by atoms with E-state index in [-0.39, 0.29) is 18.9 Å². The van der Waals surface area contributed by atoms with Gasteiger partial charge in [0.05, 0.1) is 11.6 Å². The molecule has 3 N–H and O–H groups in total. The van der Waals surface area contributed by atoms with Gasteiger partial charge in [-0.25, -0.2) is 0 Å². The maximum Gasteiger partial charge on any atom is 0.391 e. The van der Waals surface area contributed by atoms with E-state index in [4.69, 9.17) is 5.73 Å². The van der Waals surface area contributed by atoms with Gasteiger partial charge in [0.25, 0.3) is 0 Å². The Hall–Kier alpha value is -0.685. The van der Waals surface area contributed by atoms with Crippen LogP contribution in [0.25, 0.3) is 0 Å². The number of nitrogens with one attached hydrogen (secondary N) is 1.